The summed E-state index contributed by atoms with van der Waals surface area (Å²) in [6.07, 6.45) is 0. The van der Waals surface area contributed by atoms with E-state index in [0.717, 1.165) is 26.9 Å². The largest absolute Gasteiger partial charge is 0.340 e. The number of aromatic nitrogens is 2. The lowest BCUT2D eigenvalue weighted by molar-refractivity contribution is 0.600. The molecule has 5 rings (SSSR count). The highest BCUT2D eigenvalue weighted by Gasteiger charge is 2.19. The Morgan fingerprint density at radius 1 is 0.829 bits per heavy atom. The molecule has 0 amide bonds. The smallest absolute Gasteiger partial charge is 0.262 e. The maximum atomic E-state index is 13.3. The van der Waals surface area contributed by atoms with Gasteiger partial charge in [-0.3, -0.25) is 4.72 Å². The van der Waals surface area contributed by atoms with Crippen molar-refractivity contribution in [2.24, 2.45) is 0 Å². The van der Waals surface area contributed by atoms with E-state index in [9.17, 15) is 8.42 Å². The molecule has 5 aromatic rings. The van der Waals surface area contributed by atoms with Crippen LogP contribution in [-0.4, -0.2) is 18.4 Å². The number of nitrogens with one attached hydrogen (secondary N) is 2. The quantitative estimate of drug-likeness (QED) is 0.267. The van der Waals surface area contributed by atoms with Crippen LogP contribution in [0.25, 0.3) is 21.6 Å². The SMILES string of the molecule is Cc1ccc(NS(=O)(=O)c2cc(Nc3nc(-c4cccs4)nc4ccccc34)ccc2C)c(C)c1. The van der Waals surface area contributed by atoms with Crippen LogP contribution in [0.15, 0.2) is 83.1 Å². The molecule has 0 atom stereocenters. The Bertz CT molecular complexity index is 1650. The zero-order valence-corrected chi connectivity index (χ0v) is 21.2. The van der Waals surface area contributed by atoms with Crippen LogP contribution < -0.4 is 10.0 Å². The summed E-state index contributed by atoms with van der Waals surface area (Å²) < 4.78 is 29.4. The molecule has 0 aliphatic carbocycles. The third-order valence-corrected chi connectivity index (χ3v) is 8.08. The van der Waals surface area contributed by atoms with Gasteiger partial charge in [0, 0.05) is 11.1 Å². The summed E-state index contributed by atoms with van der Waals surface area (Å²) in [4.78, 5) is 10.6. The van der Waals surface area contributed by atoms with Crippen LogP contribution in [0.5, 0.6) is 0 Å². The number of hydrogen-bond donors (Lipinski definition) is 2. The molecule has 0 aliphatic heterocycles. The van der Waals surface area contributed by atoms with Crippen molar-refractivity contribution in [2.45, 2.75) is 25.7 Å². The van der Waals surface area contributed by atoms with Gasteiger partial charge in [0.1, 0.15) is 5.82 Å². The Labute approximate surface area is 208 Å². The minimum atomic E-state index is -3.80. The highest BCUT2D eigenvalue weighted by molar-refractivity contribution is 7.92. The van der Waals surface area contributed by atoms with Crippen molar-refractivity contribution < 1.29 is 8.42 Å². The van der Waals surface area contributed by atoms with Gasteiger partial charge in [-0.1, -0.05) is 42.0 Å². The maximum absolute atomic E-state index is 13.3. The summed E-state index contributed by atoms with van der Waals surface area (Å²) >= 11 is 1.57. The Hall–Kier alpha value is -3.75. The molecule has 176 valence electrons. The summed E-state index contributed by atoms with van der Waals surface area (Å²) in [7, 11) is -3.80. The molecular weight excluding hydrogens is 476 g/mol. The predicted molar refractivity (Wildman–Crippen MR) is 144 cm³/mol. The fraction of sp³-hybridized carbons (Fsp3) is 0.111. The number of fused-ring (bicyclic) bond motifs is 1. The van der Waals surface area contributed by atoms with Crippen LogP contribution in [0, 0.1) is 20.8 Å². The van der Waals surface area contributed by atoms with Gasteiger partial charge >= 0.3 is 0 Å². The monoisotopic (exact) mass is 500 g/mol. The number of aryl methyl sites for hydroxylation is 3. The first-order valence-corrected chi connectivity index (χ1v) is 13.4. The Balaban J connectivity index is 1.53. The number of rotatable bonds is 6. The second-order valence-electron chi connectivity index (χ2n) is 8.42. The van der Waals surface area contributed by atoms with E-state index in [2.05, 4.69) is 10.0 Å². The van der Waals surface area contributed by atoms with Crippen LogP contribution in [-0.2, 0) is 10.0 Å². The lowest BCUT2D eigenvalue weighted by Gasteiger charge is -2.15. The van der Waals surface area contributed by atoms with Crippen molar-refractivity contribution in [1.82, 2.24) is 9.97 Å². The number of sulfonamides is 1. The second kappa shape index (κ2) is 9.13. The van der Waals surface area contributed by atoms with Gasteiger partial charge in [-0.15, -0.1) is 11.3 Å². The van der Waals surface area contributed by atoms with E-state index in [1.165, 1.54) is 0 Å². The molecule has 8 heteroatoms. The van der Waals surface area contributed by atoms with Gasteiger partial charge in [-0.25, -0.2) is 18.4 Å². The number of nitrogens with zero attached hydrogens (tertiary/aromatic N) is 2. The number of benzene rings is 3. The van der Waals surface area contributed by atoms with Gasteiger partial charge in [-0.2, -0.15) is 0 Å². The Morgan fingerprint density at radius 2 is 1.66 bits per heavy atom. The van der Waals surface area contributed by atoms with E-state index in [-0.39, 0.29) is 4.90 Å². The summed E-state index contributed by atoms with van der Waals surface area (Å²) in [5.41, 5.74) is 4.60. The normalized spacial score (nSPS) is 11.5. The van der Waals surface area contributed by atoms with Crippen LogP contribution in [0.4, 0.5) is 17.2 Å². The van der Waals surface area contributed by atoms with Crippen molar-refractivity contribution in [3.05, 3.63) is 94.9 Å². The minimum absolute atomic E-state index is 0.208. The molecule has 0 unspecified atom stereocenters. The van der Waals surface area contributed by atoms with Crippen molar-refractivity contribution in [2.75, 3.05) is 10.0 Å². The van der Waals surface area contributed by atoms with Crippen LogP contribution >= 0.6 is 11.3 Å². The zero-order chi connectivity index (χ0) is 24.6. The molecule has 3 aromatic carbocycles. The molecule has 35 heavy (non-hydrogen) atoms. The molecule has 0 saturated heterocycles. The second-order valence-corrected chi connectivity index (χ2v) is 11.0. The van der Waals surface area contributed by atoms with Gasteiger partial charge in [0.15, 0.2) is 5.82 Å². The molecule has 0 bridgehead atoms. The van der Waals surface area contributed by atoms with Crippen molar-refractivity contribution in [3.8, 4) is 10.7 Å². The van der Waals surface area contributed by atoms with E-state index in [0.29, 0.717) is 28.6 Å². The van der Waals surface area contributed by atoms with E-state index < -0.39 is 10.0 Å². The van der Waals surface area contributed by atoms with E-state index in [1.807, 2.05) is 73.8 Å². The van der Waals surface area contributed by atoms with Gasteiger partial charge < -0.3 is 5.32 Å². The molecule has 2 aromatic heterocycles. The molecule has 0 radical (unpaired) electrons. The molecule has 2 N–H and O–H groups in total. The first-order valence-electron chi connectivity index (χ1n) is 11.1. The fourth-order valence-corrected chi connectivity index (χ4v) is 5.98. The Kier molecular flexibility index (Phi) is 6.00. The number of thiophene rings is 1. The minimum Gasteiger partial charge on any atom is -0.340 e. The van der Waals surface area contributed by atoms with Gasteiger partial charge in [0.05, 0.1) is 21.0 Å². The van der Waals surface area contributed by atoms with E-state index >= 15 is 0 Å². The Morgan fingerprint density at radius 3 is 2.43 bits per heavy atom. The summed E-state index contributed by atoms with van der Waals surface area (Å²) in [5, 5.41) is 6.17. The molecule has 0 saturated carbocycles. The van der Waals surface area contributed by atoms with E-state index in [4.69, 9.17) is 9.97 Å². The average Bonchev–Trinajstić information content (AvgIpc) is 3.37. The number of anilines is 3. The standard InChI is InChI=1S/C27H24N4O2S2/c1-17-10-13-22(19(3)15-17)31-35(32,33)25-16-20(12-11-18(25)2)28-26-21-7-4-5-8-23(21)29-27(30-26)24-9-6-14-34-24/h4-16,31H,1-3H3,(H,28,29,30). The van der Waals surface area contributed by atoms with Crippen molar-refractivity contribution >= 4 is 49.5 Å². The topological polar surface area (TPSA) is 84.0 Å². The highest BCUT2D eigenvalue weighted by Crippen LogP contribution is 2.31. The van der Waals surface area contributed by atoms with Gasteiger partial charge in [-0.05, 0) is 73.7 Å². The summed E-state index contributed by atoms with van der Waals surface area (Å²) in [6, 6.07) is 22.6. The third kappa shape index (κ3) is 4.76. The van der Waals surface area contributed by atoms with E-state index in [1.54, 1.807) is 36.5 Å². The number of para-hydroxylation sites is 1. The van der Waals surface area contributed by atoms with Crippen LogP contribution in [0.2, 0.25) is 0 Å². The van der Waals surface area contributed by atoms with Gasteiger partial charge in [0.25, 0.3) is 10.0 Å². The zero-order valence-electron chi connectivity index (χ0n) is 19.5. The van der Waals surface area contributed by atoms with Gasteiger partial charge in [0.2, 0.25) is 0 Å². The first kappa shape index (κ1) is 23.0. The van der Waals surface area contributed by atoms with Crippen LogP contribution in [0.1, 0.15) is 16.7 Å². The third-order valence-electron chi connectivity index (χ3n) is 5.71. The molecule has 2 heterocycles. The predicted octanol–water partition coefficient (Wildman–Crippen LogP) is 6.83. The molecular formula is C27H24N4O2S2. The number of hydrogen-bond acceptors (Lipinski definition) is 6. The maximum Gasteiger partial charge on any atom is 0.262 e. The van der Waals surface area contributed by atoms with Crippen molar-refractivity contribution in [1.29, 1.82) is 0 Å². The average molecular weight is 501 g/mol. The molecule has 0 fully saturated rings. The summed E-state index contributed by atoms with van der Waals surface area (Å²) in [6.45, 7) is 5.65. The molecule has 6 nitrogen and oxygen atoms in total. The highest BCUT2D eigenvalue weighted by atomic mass is 32.2. The molecule has 0 spiro atoms. The first-order chi connectivity index (χ1) is 16.8. The summed E-state index contributed by atoms with van der Waals surface area (Å²) in [5.74, 6) is 1.24. The fourth-order valence-electron chi connectivity index (χ4n) is 3.92. The molecule has 0 aliphatic rings. The lowest BCUT2D eigenvalue weighted by atomic mass is 10.1. The van der Waals surface area contributed by atoms with Crippen LogP contribution in [0.3, 0.4) is 0 Å². The van der Waals surface area contributed by atoms with Crippen molar-refractivity contribution in [3.63, 3.8) is 0 Å². The lowest BCUT2D eigenvalue weighted by Crippen LogP contribution is -2.15.